The molecular weight excluding hydrogens is 278 g/mol. The van der Waals surface area contributed by atoms with E-state index in [1.807, 2.05) is 30.3 Å². The van der Waals surface area contributed by atoms with Crippen LogP contribution in [0.1, 0.15) is 17.2 Å². The predicted octanol–water partition coefficient (Wildman–Crippen LogP) is 3.57. The quantitative estimate of drug-likeness (QED) is 0.503. The number of benzene rings is 2. The van der Waals surface area contributed by atoms with Crippen LogP contribution >= 0.6 is 11.8 Å². The third kappa shape index (κ3) is 3.36. The Hall–Kier alpha value is -1.43. The van der Waals surface area contributed by atoms with E-state index in [4.69, 9.17) is 5.84 Å². The first kappa shape index (κ1) is 15.0. The summed E-state index contributed by atoms with van der Waals surface area (Å²) in [7, 11) is 0. The highest BCUT2D eigenvalue weighted by atomic mass is 32.2. The van der Waals surface area contributed by atoms with Crippen molar-refractivity contribution in [2.75, 3.05) is 5.75 Å². The van der Waals surface area contributed by atoms with Crippen LogP contribution in [0.3, 0.4) is 0 Å². The number of nitrogens with two attached hydrogens (primary N) is 1. The minimum Gasteiger partial charge on any atom is -0.271 e. The first-order valence-corrected chi connectivity index (χ1v) is 7.20. The van der Waals surface area contributed by atoms with Gasteiger partial charge >= 0.3 is 0 Å². The summed E-state index contributed by atoms with van der Waals surface area (Å²) in [5.74, 6) is 4.34. The number of halogens is 2. The first-order valence-electron chi connectivity index (χ1n) is 6.22. The normalized spacial score (nSPS) is 12.4. The van der Waals surface area contributed by atoms with Crippen molar-refractivity contribution in [3.8, 4) is 0 Å². The number of thioether (sulfide) groups is 1. The SMILES string of the molecule is Cc1ccc(C(CSc2ccccc2)NN)c(F)c1F. The third-order valence-corrected chi connectivity index (χ3v) is 4.15. The molecule has 0 spiro atoms. The molecule has 0 aliphatic rings. The van der Waals surface area contributed by atoms with Crippen molar-refractivity contribution >= 4 is 11.8 Å². The molecular formula is C15H16F2N2S. The van der Waals surface area contributed by atoms with Gasteiger partial charge in [-0.1, -0.05) is 30.3 Å². The van der Waals surface area contributed by atoms with E-state index >= 15 is 0 Å². The van der Waals surface area contributed by atoms with Gasteiger partial charge in [0.15, 0.2) is 11.6 Å². The summed E-state index contributed by atoms with van der Waals surface area (Å²) >= 11 is 1.54. The van der Waals surface area contributed by atoms with Crippen LogP contribution in [0, 0.1) is 18.6 Å². The zero-order chi connectivity index (χ0) is 14.5. The number of rotatable bonds is 5. The van der Waals surface area contributed by atoms with E-state index in [0.717, 1.165) is 4.90 Å². The van der Waals surface area contributed by atoms with Gasteiger partial charge in [0.05, 0.1) is 6.04 Å². The van der Waals surface area contributed by atoms with E-state index in [9.17, 15) is 8.78 Å². The van der Waals surface area contributed by atoms with E-state index < -0.39 is 17.7 Å². The van der Waals surface area contributed by atoms with Crippen LogP contribution in [0.15, 0.2) is 47.4 Å². The lowest BCUT2D eigenvalue weighted by Crippen LogP contribution is -2.30. The topological polar surface area (TPSA) is 38.0 Å². The number of hydrogen-bond acceptors (Lipinski definition) is 3. The first-order chi connectivity index (χ1) is 9.63. The van der Waals surface area contributed by atoms with Gasteiger partial charge in [0.2, 0.25) is 0 Å². The van der Waals surface area contributed by atoms with Crippen LogP contribution < -0.4 is 11.3 Å². The fourth-order valence-electron chi connectivity index (χ4n) is 1.85. The van der Waals surface area contributed by atoms with Gasteiger partial charge in [-0.05, 0) is 24.6 Å². The summed E-state index contributed by atoms with van der Waals surface area (Å²) in [6.45, 7) is 1.53. The lowest BCUT2D eigenvalue weighted by Gasteiger charge is -2.17. The Labute approximate surface area is 121 Å². The van der Waals surface area contributed by atoms with Gasteiger partial charge in [0.25, 0.3) is 0 Å². The molecule has 2 nitrogen and oxygen atoms in total. The maximum Gasteiger partial charge on any atom is 0.163 e. The van der Waals surface area contributed by atoms with E-state index in [1.54, 1.807) is 12.1 Å². The monoisotopic (exact) mass is 294 g/mol. The second-order valence-corrected chi connectivity index (χ2v) is 5.54. The Morgan fingerprint density at radius 2 is 1.80 bits per heavy atom. The predicted molar refractivity (Wildman–Crippen MR) is 78.3 cm³/mol. The Bertz CT molecular complexity index is 576. The lowest BCUT2D eigenvalue weighted by molar-refractivity contribution is 0.474. The van der Waals surface area contributed by atoms with Gasteiger partial charge in [0.1, 0.15) is 0 Å². The van der Waals surface area contributed by atoms with Crippen molar-refractivity contribution in [1.29, 1.82) is 0 Å². The summed E-state index contributed by atoms with van der Waals surface area (Å²) in [5, 5.41) is 0. The van der Waals surface area contributed by atoms with E-state index in [2.05, 4.69) is 5.43 Å². The van der Waals surface area contributed by atoms with Crippen molar-refractivity contribution in [2.45, 2.75) is 17.9 Å². The second kappa shape index (κ2) is 6.83. The van der Waals surface area contributed by atoms with Crippen LogP contribution in [0.25, 0.3) is 0 Å². The zero-order valence-corrected chi connectivity index (χ0v) is 11.9. The molecule has 0 heterocycles. The number of nitrogens with one attached hydrogen (secondary N) is 1. The van der Waals surface area contributed by atoms with E-state index in [0.29, 0.717) is 5.75 Å². The average Bonchev–Trinajstić information content (AvgIpc) is 2.48. The average molecular weight is 294 g/mol. The van der Waals surface area contributed by atoms with Crippen LogP contribution in [0.5, 0.6) is 0 Å². The fraction of sp³-hybridized carbons (Fsp3) is 0.200. The van der Waals surface area contributed by atoms with Crippen LogP contribution in [-0.4, -0.2) is 5.75 Å². The maximum absolute atomic E-state index is 13.9. The van der Waals surface area contributed by atoms with Crippen molar-refractivity contribution in [3.05, 3.63) is 65.2 Å². The molecule has 0 saturated heterocycles. The van der Waals surface area contributed by atoms with Gasteiger partial charge in [0, 0.05) is 16.2 Å². The molecule has 5 heteroatoms. The van der Waals surface area contributed by atoms with Gasteiger partial charge in [-0.3, -0.25) is 11.3 Å². The smallest absolute Gasteiger partial charge is 0.163 e. The molecule has 20 heavy (non-hydrogen) atoms. The van der Waals surface area contributed by atoms with Crippen LogP contribution in [0.2, 0.25) is 0 Å². The number of hydrogen-bond donors (Lipinski definition) is 2. The third-order valence-electron chi connectivity index (χ3n) is 3.04. The fourth-order valence-corrected chi connectivity index (χ4v) is 2.84. The molecule has 0 radical (unpaired) electrons. The zero-order valence-electron chi connectivity index (χ0n) is 11.1. The molecule has 1 atom stereocenters. The summed E-state index contributed by atoms with van der Waals surface area (Å²) < 4.78 is 27.5. The minimum absolute atomic E-state index is 0.249. The highest BCUT2D eigenvalue weighted by molar-refractivity contribution is 7.99. The lowest BCUT2D eigenvalue weighted by atomic mass is 10.1. The molecule has 0 aliphatic carbocycles. The summed E-state index contributed by atoms with van der Waals surface area (Å²) in [4.78, 5) is 1.06. The minimum atomic E-state index is -0.832. The van der Waals surface area contributed by atoms with Crippen molar-refractivity contribution < 1.29 is 8.78 Å². The Morgan fingerprint density at radius 1 is 1.10 bits per heavy atom. The number of aryl methyl sites for hydroxylation is 1. The molecule has 1 unspecified atom stereocenters. The Morgan fingerprint density at radius 3 is 2.45 bits per heavy atom. The largest absolute Gasteiger partial charge is 0.271 e. The molecule has 0 amide bonds. The number of hydrazine groups is 1. The Kier molecular flexibility index (Phi) is 5.11. The molecule has 0 aromatic heterocycles. The van der Waals surface area contributed by atoms with E-state index in [1.165, 1.54) is 18.7 Å². The highest BCUT2D eigenvalue weighted by Gasteiger charge is 2.18. The molecule has 106 valence electrons. The molecule has 0 bridgehead atoms. The van der Waals surface area contributed by atoms with Gasteiger partial charge in [-0.2, -0.15) is 0 Å². The van der Waals surface area contributed by atoms with Crippen LogP contribution in [0.4, 0.5) is 8.78 Å². The molecule has 2 aromatic carbocycles. The van der Waals surface area contributed by atoms with Gasteiger partial charge in [-0.25, -0.2) is 8.78 Å². The molecule has 2 rings (SSSR count). The maximum atomic E-state index is 13.9. The van der Waals surface area contributed by atoms with Gasteiger partial charge in [-0.15, -0.1) is 11.8 Å². The molecule has 0 fully saturated rings. The standard InChI is InChI=1S/C15H16F2N2S/c1-10-7-8-12(15(17)14(10)16)13(19-18)9-20-11-5-3-2-4-6-11/h2-8,13,19H,9,18H2,1H3. The summed E-state index contributed by atoms with van der Waals surface area (Å²) in [6.07, 6.45) is 0. The second-order valence-electron chi connectivity index (χ2n) is 4.44. The Balaban J connectivity index is 2.15. The van der Waals surface area contributed by atoms with Crippen molar-refractivity contribution in [3.63, 3.8) is 0 Å². The summed E-state index contributed by atoms with van der Waals surface area (Å²) in [5.41, 5.74) is 3.09. The molecule has 3 N–H and O–H groups in total. The van der Waals surface area contributed by atoms with Crippen molar-refractivity contribution in [1.82, 2.24) is 5.43 Å². The van der Waals surface area contributed by atoms with Crippen LogP contribution in [-0.2, 0) is 0 Å². The van der Waals surface area contributed by atoms with Crippen molar-refractivity contribution in [2.24, 2.45) is 5.84 Å². The molecule has 0 saturated carbocycles. The molecule has 2 aromatic rings. The molecule has 0 aliphatic heterocycles. The van der Waals surface area contributed by atoms with E-state index in [-0.39, 0.29) is 11.1 Å². The highest BCUT2D eigenvalue weighted by Crippen LogP contribution is 2.27. The summed E-state index contributed by atoms with van der Waals surface area (Å²) in [6, 6.07) is 12.4. The van der Waals surface area contributed by atoms with Gasteiger partial charge < -0.3 is 0 Å².